The molecular weight excluding hydrogens is 436 g/mol. The number of amides is 1. The third kappa shape index (κ3) is 3.79. The summed E-state index contributed by atoms with van der Waals surface area (Å²) in [5, 5.41) is 1.06. The molecule has 3 heterocycles. The Morgan fingerprint density at radius 1 is 0.914 bits per heavy atom. The minimum atomic E-state index is -0.205. The number of imidazole rings is 1. The van der Waals surface area contributed by atoms with Gasteiger partial charge in [0.2, 0.25) is 5.91 Å². The van der Waals surface area contributed by atoms with E-state index in [-0.39, 0.29) is 17.7 Å². The van der Waals surface area contributed by atoms with E-state index in [0.717, 1.165) is 70.4 Å². The zero-order chi connectivity index (χ0) is 23.9. The van der Waals surface area contributed by atoms with Gasteiger partial charge < -0.3 is 11.5 Å². The molecule has 0 radical (unpaired) electrons. The minimum Gasteiger partial charge on any atom is -0.382 e. The van der Waals surface area contributed by atoms with Crippen LogP contribution in [0, 0.1) is 5.92 Å². The summed E-state index contributed by atoms with van der Waals surface area (Å²) >= 11 is 0. The van der Waals surface area contributed by atoms with Crippen molar-refractivity contribution in [1.29, 1.82) is 0 Å². The average molecular weight is 463 g/mol. The molecule has 2 aromatic carbocycles. The first-order valence-electron chi connectivity index (χ1n) is 12.0. The number of aromatic nitrogens is 4. The van der Waals surface area contributed by atoms with Crippen LogP contribution in [0.4, 0.5) is 5.82 Å². The molecular formula is C28H26N6O. The Labute approximate surface area is 202 Å². The number of carbonyl (C=O) groups excluding carboxylic acids is 1. The molecule has 1 saturated carbocycles. The predicted molar refractivity (Wildman–Crippen MR) is 137 cm³/mol. The fourth-order valence-electron chi connectivity index (χ4n) is 5.25. The van der Waals surface area contributed by atoms with Gasteiger partial charge in [-0.2, -0.15) is 0 Å². The van der Waals surface area contributed by atoms with Crippen LogP contribution in [0.1, 0.15) is 37.4 Å². The van der Waals surface area contributed by atoms with Crippen molar-refractivity contribution in [1.82, 2.24) is 19.4 Å². The van der Waals surface area contributed by atoms with Crippen molar-refractivity contribution in [2.75, 3.05) is 5.73 Å². The SMILES string of the molecule is NC(=O)C1CCC(c2nc(-c3ccc4ccc(-c5ccccc5)nc4c3)c3c(N)nccn23)CC1. The van der Waals surface area contributed by atoms with E-state index in [4.69, 9.17) is 21.4 Å². The highest BCUT2D eigenvalue weighted by Crippen LogP contribution is 2.39. The highest BCUT2D eigenvalue weighted by molar-refractivity contribution is 5.91. The minimum absolute atomic E-state index is 0.0472. The second-order valence-electron chi connectivity index (χ2n) is 9.27. The van der Waals surface area contributed by atoms with Crippen LogP contribution < -0.4 is 11.5 Å². The molecule has 0 atom stereocenters. The molecule has 6 rings (SSSR count). The molecule has 1 amide bonds. The van der Waals surface area contributed by atoms with E-state index >= 15 is 0 Å². The maximum Gasteiger partial charge on any atom is 0.220 e. The van der Waals surface area contributed by atoms with Crippen LogP contribution >= 0.6 is 0 Å². The van der Waals surface area contributed by atoms with E-state index in [1.165, 1.54) is 0 Å². The number of carbonyl (C=O) groups is 1. The van der Waals surface area contributed by atoms with E-state index in [9.17, 15) is 4.79 Å². The summed E-state index contributed by atoms with van der Waals surface area (Å²) < 4.78 is 2.06. The highest BCUT2D eigenvalue weighted by atomic mass is 16.1. The molecule has 7 nitrogen and oxygen atoms in total. The number of anilines is 1. The largest absolute Gasteiger partial charge is 0.382 e. The van der Waals surface area contributed by atoms with Gasteiger partial charge in [0.1, 0.15) is 22.9 Å². The molecule has 7 heteroatoms. The fraction of sp³-hybridized carbons (Fsp3) is 0.214. The summed E-state index contributed by atoms with van der Waals surface area (Å²) in [5.41, 5.74) is 17.4. The molecule has 35 heavy (non-hydrogen) atoms. The van der Waals surface area contributed by atoms with Crippen LogP contribution in [0.15, 0.2) is 73.1 Å². The second-order valence-corrected chi connectivity index (χ2v) is 9.27. The first-order chi connectivity index (χ1) is 17.1. The van der Waals surface area contributed by atoms with E-state index in [0.29, 0.717) is 5.82 Å². The lowest BCUT2D eigenvalue weighted by molar-refractivity contribution is -0.122. The van der Waals surface area contributed by atoms with Gasteiger partial charge in [0.25, 0.3) is 0 Å². The van der Waals surface area contributed by atoms with Crippen LogP contribution in [0.3, 0.4) is 0 Å². The van der Waals surface area contributed by atoms with Gasteiger partial charge in [-0.1, -0.05) is 48.5 Å². The number of nitrogens with two attached hydrogens (primary N) is 2. The summed E-state index contributed by atoms with van der Waals surface area (Å²) in [7, 11) is 0. The Morgan fingerprint density at radius 2 is 1.69 bits per heavy atom. The summed E-state index contributed by atoms with van der Waals surface area (Å²) in [6, 6.07) is 20.5. The third-order valence-electron chi connectivity index (χ3n) is 7.14. The van der Waals surface area contributed by atoms with E-state index in [1.54, 1.807) is 6.20 Å². The first kappa shape index (κ1) is 21.3. The zero-order valence-corrected chi connectivity index (χ0v) is 19.3. The third-order valence-corrected chi connectivity index (χ3v) is 7.14. The van der Waals surface area contributed by atoms with Crippen LogP contribution in [-0.2, 0) is 4.79 Å². The number of primary amides is 1. The molecule has 1 aliphatic rings. The monoisotopic (exact) mass is 462 g/mol. The average Bonchev–Trinajstić information content (AvgIpc) is 3.30. The second kappa shape index (κ2) is 8.51. The van der Waals surface area contributed by atoms with E-state index < -0.39 is 0 Å². The lowest BCUT2D eigenvalue weighted by atomic mass is 9.81. The molecule has 0 aliphatic heterocycles. The van der Waals surface area contributed by atoms with Crippen molar-refractivity contribution in [2.24, 2.45) is 11.7 Å². The van der Waals surface area contributed by atoms with Crippen molar-refractivity contribution in [3.05, 3.63) is 78.9 Å². The lowest BCUT2D eigenvalue weighted by Crippen LogP contribution is -2.27. The molecule has 0 unspecified atom stereocenters. The first-order valence-corrected chi connectivity index (χ1v) is 12.0. The van der Waals surface area contributed by atoms with Crippen LogP contribution in [0.2, 0.25) is 0 Å². The number of benzene rings is 2. The number of nitrogens with zero attached hydrogens (tertiary/aromatic N) is 4. The quantitative estimate of drug-likeness (QED) is 0.392. The van der Waals surface area contributed by atoms with E-state index in [2.05, 4.69) is 45.8 Å². The van der Waals surface area contributed by atoms with Gasteiger partial charge in [-0.15, -0.1) is 0 Å². The van der Waals surface area contributed by atoms with Gasteiger partial charge in [-0.3, -0.25) is 9.20 Å². The molecule has 4 N–H and O–H groups in total. The maximum absolute atomic E-state index is 11.6. The highest BCUT2D eigenvalue weighted by Gasteiger charge is 2.29. The van der Waals surface area contributed by atoms with Crippen molar-refractivity contribution >= 4 is 28.1 Å². The maximum atomic E-state index is 11.6. The van der Waals surface area contributed by atoms with Gasteiger partial charge >= 0.3 is 0 Å². The van der Waals surface area contributed by atoms with Gasteiger partial charge in [0.05, 0.1) is 11.2 Å². The van der Waals surface area contributed by atoms with Gasteiger partial charge in [-0.05, 0) is 37.8 Å². The van der Waals surface area contributed by atoms with Crippen molar-refractivity contribution < 1.29 is 4.79 Å². The normalized spacial score (nSPS) is 18.2. The van der Waals surface area contributed by atoms with Gasteiger partial charge in [-0.25, -0.2) is 15.0 Å². The van der Waals surface area contributed by atoms with Crippen LogP contribution in [-0.4, -0.2) is 25.3 Å². The number of pyridine rings is 1. The fourth-order valence-corrected chi connectivity index (χ4v) is 5.25. The summed E-state index contributed by atoms with van der Waals surface area (Å²) in [5.74, 6) is 1.38. The Morgan fingerprint density at radius 3 is 2.46 bits per heavy atom. The smallest absolute Gasteiger partial charge is 0.220 e. The lowest BCUT2D eigenvalue weighted by Gasteiger charge is -2.25. The number of nitrogen functional groups attached to an aromatic ring is 1. The molecule has 0 bridgehead atoms. The number of fused-ring (bicyclic) bond motifs is 2. The van der Waals surface area contributed by atoms with Gasteiger partial charge in [0, 0.05) is 40.7 Å². The topological polar surface area (TPSA) is 112 Å². The summed E-state index contributed by atoms with van der Waals surface area (Å²) in [6.07, 6.45) is 6.94. The Hall–Kier alpha value is -4.26. The van der Waals surface area contributed by atoms with Crippen LogP contribution in [0.25, 0.3) is 38.9 Å². The van der Waals surface area contributed by atoms with Crippen molar-refractivity contribution in [3.63, 3.8) is 0 Å². The molecule has 0 saturated heterocycles. The molecule has 0 spiro atoms. The Kier molecular flexibility index (Phi) is 5.17. The Bertz CT molecular complexity index is 1550. The zero-order valence-electron chi connectivity index (χ0n) is 19.3. The van der Waals surface area contributed by atoms with Crippen molar-refractivity contribution in [3.8, 4) is 22.5 Å². The number of rotatable bonds is 4. The van der Waals surface area contributed by atoms with Crippen molar-refractivity contribution in [2.45, 2.75) is 31.6 Å². The summed E-state index contributed by atoms with van der Waals surface area (Å²) in [4.78, 5) is 26.0. The standard InChI is InChI=1S/C28H26N6O/c29-26-25-24(33-28(34(25)15-14-31-26)20-9-7-19(8-10-20)27(30)35)21-11-6-18-12-13-22(32-23(18)16-21)17-4-2-1-3-5-17/h1-6,11-16,19-20H,7-10H2,(H2,29,31)(H2,30,35). The van der Waals surface area contributed by atoms with Gasteiger partial charge in [0.15, 0.2) is 0 Å². The molecule has 5 aromatic rings. The number of hydrogen-bond donors (Lipinski definition) is 2. The molecule has 3 aromatic heterocycles. The molecule has 174 valence electrons. The molecule has 1 fully saturated rings. The molecule has 1 aliphatic carbocycles. The van der Waals surface area contributed by atoms with Crippen LogP contribution in [0.5, 0.6) is 0 Å². The Balaban J connectivity index is 1.44. The predicted octanol–water partition coefficient (Wildman–Crippen LogP) is 4.95. The summed E-state index contributed by atoms with van der Waals surface area (Å²) in [6.45, 7) is 0. The van der Waals surface area contributed by atoms with E-state index in [1.807, 2.05) is 30.5 Å². The number of hydrogen-bond acceptors (Lipinski definition) is 5.